The highest BCUT2D eigenvalue weighted by Crippen LogP contribution is 2.18. The van der Waals surface area contributed by atoms with E-state index < -0.39 is 0 Å². The van der Waals surface area contributed by atoms with E-state index in [4.69, 9.17) is 15.3 Å². The summed E-state index contributed by atoms with van der Waals surface area (Å²) < 4.78 is 11.1. The van der Waals surface area contributed by atoms with Crippen LogP contribution in [-0.2, 0) is 14.3 Å². The van der Waals surface area contributed by atoms with Gasteiger partial charge in [0.25, 0.3) is 0 Å². The van der Waals surface area contributed by atoms with Gasteiger partial charge in [-0.15, -0.1) is 0 Å². The molecule has 5 heteroatoms. The van der Waals surface area contributed by atoms with Crippen LogP contribution in [0.15, 0.2) is 0 Å². The van der Waals surface area contributed by atoms with Crippen LogP contribution in [0.2, 0.25) is 0 Å². The minimum absolute atomic E-state index is 0.0707. The van der Waals surface area contributed by atoms with E-state index in [1.807, 2.05) is 0 Å². The van der Waals surface area contributed by atoms with Gasteiger partial charge in [-0.25, -0.2) is 5.84 Å². The van der Waals surface area contributed by atoms with Crippen LogP contribution in [0.25, 0.3) is 0 Å². The molecule has 0 aromatic heterocycles. The molecule has 106 valence electrons. The van der Waals surface area contributed by atoms with Gasteiger partial charge in [0.1, 0.15) is 0 Å². The zero-order valence-electron chi connectivity index (χ0n) is 11.5. The molecule has 1 saturated heterocycles. The van der Waals surface area contributed by atoms with E-state index in [1.54, 1.807) is 0 Å². The Morgan fingerprint density at radius 1 is 1.50 bits per heavy atom. The molecule has 2 unspecified atom stereocenters. The highest BCUT2D eigenvalue weighted by atomic mass is 16.7. The molecule has 0 spiro atoms. The molecule has 5 nitrogen and oxygen atoms in total. The molecule has 0 aromatic carbocycles. The second kappa shape index (κ2) is 8.45. The molecule has 0 bridgehead atoms. The first-order valence-electron chi connectivity index (χ1n) is 6.87. The van der Waals surface area contributed by atoms with Crippen molar-refractivity contribution in [3.8, 4) is 0 Å². The fraction of sp³-hybridized carbons (Fsp3) is 0.923. The number of nitrogens with one attached hydrogen (secondary N) is 1. The predicted octanol–water partition coefficient (Wildman–Crippen LogP) is 1.57. The summed E-state index contributed by atoms with van der Waals surface area (Å²) in [5, 5.41) is 0. The summed E-state index contributed by atoms with van der Waals surface area (Å²) in [5.41, 5.74) is 2.23. The number of ether oxygens (including phenoxy) is 2. The average molecular weight is 258 g/mol. The van der Waals surface area contributed by atoms with Crippen molar-refractivity contribution in [1.82, 2.24) is 5.43 Å². The van der Waals surface area contributed by atoms with Gasteiger partial charge in [-0.2, -0.15) is 0 Å². The standard InChI is InChI=1S/C13H26N2O3/c1-10(2)9-11(13(16)15-14)6-8-18-12-5-3-4-7-17-12/h10-12H,3-9,14H2,1-2H3,(H,15,16). The lowest BCUT2D eigenvalue weighted by atomic mass is 9.94. The van der Waals surface area contributed by atoms with Gasteiger partial charge in [0.2, 0.25) is 5.91 Å². The summed E-state index contributed by atoms with van der Waals surface area (Å²) in [4.78, 5) is 11.6. The van der Waals surface area contributed by atoms with Crippen LogP contribution >= 0.6 is 0 Å². The van der Waals surface area contributed by atoms with Crippen molar-refractivity contribution in [3.63, 3.8) is 0 Å². The lowest BCUT2D eigenvalue weighted by molar-refractivity contribution is -0.165. The number of hydrogen-bond acceptors (Lipinski definition) is 4. The highest BCUT2D eigenvalue weighted by molar-refractivity contribution is 5.77. The Kier molecular flexibility index (Phi) is 7.23. The number of hydrogen-bond donors (Lipinski definition) is 2. The predicted molar refractivity (Wildman–Crippen MR) is 69.4 cm³/mol. The Morgan fingerprint density at radius 3 is 2.83 bits per heavy atom. The SMILES string of the molecule is CC(C)CC(CCOC1CCCCO1)C(=O)NN. The van der Waals surface area contributed by atoms with Crippen molar-refractivity contribution in [2.75, 3.05) is 13.2 Å². The van der Waals surface area contributed by atoms with E-state index in [9.17, 15) is 4.79 Å². The van der Waals surface area contributed by atoms with Crippen molar-refractivity contribution in [2.24, 2.45) is 17.7 Å². The third-order valence-corrected chi connectivity index (χ3v) is 3.18. The fourth-order valence-corrected chi connectivity index (χ4v) is 2.23. The first-order valence-corrected chi connectivity index (χ1v) is 6.87. The first kappa shape index (κ1) is 15.4. The van der Waals surface area contributed by atoms with E-state index in [0.29, 0.717) is 18.9 Å². The topological polar surface area (TPSA) is 73.6 Å². The summed E-state index contributed by atoms with van der Waals surface area (Å²) >= 11 is 0. The lowest BCUT2D eigenvalue weighted by Gasteiger charge is -2.24. The van der Waals surface area contributed by atoms with Crippen LogP contribution in [0.3, 0.4) is 0 Å². The molecule has 1 aliphatic rings. The fourth-order valence-electron chi connectivity index (χ4n) is 2.23. The summed E-state index contributed by atoms with van der Waals surface area (Å²) in [6.45, 7) is 5.53. The largest absolute Gasteiger partial charge is 0.353 e. The number of hydrazine groups is 1. The van der Waals surface area contributed by atoms with Crippen LogP contribution < -0.4 is 11.3 Å². The normalized spacial score (nSPS) is 21.9. The molecule has 1 heterocycles. The summed E-state index contributed by atoms with van der Waals surface area (Å²) in [7, 11) is 0. The molecule has 1 aliphatic heterocycles. The second-order valence-electron chi connectivity index (χ2n) is 5.29. The van der Waals surface area contributed by atoms with Crippen molar-refractivity contribution >= 4 is 5.91 Å². The molecular formula is C13H26N2O3. The second-order valence-corrected chi connectivity index (χ2v) is 5.29. The smallest absolute Gasteiger partial charge is 0.237 e. The van der Waals surface area contributed by atoms with Crippen LogP contribution in [0, 0.1) is 11.8 Å². The van der Waals surface area contributed by atoms with Gasteiger partial charge in [-0.1, -0.05) is 13.8 Å². The Bertz CT molecular complexity index is 240. The highest BCUT2D eigenvalue weighted by Gasteiger charge is 2.20. The molecule has 2 atom stereocenters. The summed E-state index contributed by atoms with van der Waals surface area (Å²) in [6, 6.07) is 0. The van der Waals surface area contributed by atoms with Crippen LogP contribution in [0.1, 0.15) is 46.0 Å². The van der Waals surface area contributed by atoms with Crippen molar-refractivity contribution < 1.29 is 14.3 Å². The number of nitrogens with two attached hydrogens (primary N) is 1. The van der Waals surface area contributed by atoms with Crippen molar-refractivity contribution in [3.05, 3.63) is 0 Å². The zero-order chi connectivity index (χ0) is 13.4. The quantitative estimate of drug-likeness (QED) is 0.413. The molecule has 1 fully saturated rings. The molecular weight excluding hydrogens is 232 g/mol. The molecule has 18 heavy (non-hydrogen) atoms. The van der Waals surface area contributed by atoms with Gasteiger partial charge < -0.3 is 9.47 Å². The van der Waals surface area contributed by atoms with Gasteiger partial charge in [0.15, 0.2) is 6.29 Å². The summed E-state index contributed by atoms with van der Waals surface area (Å²) in [5.74, 6) is 5.50. The van der Waals surface area contributed by atoms with E-state index in [1.165, 1.54) is 0 Å². The molecule has 1 rings (SSSR count). The van der Waals surface area contributed by atoms with E-state index in [0.717, 1.165) is 32.3 Å². The number of carbonyl (C=O) groups is 1. The zero-order valence-corrected chi connectivity index (χ0v) is 11.5. The Morgan fingerprint density at radius 2 is 2.28 bits per heavy atom. The average Bonchev–Trinajstić information content (AvgIpc) is 2.37. The van der Waals surface area contributed by atoms with Gasteiger partial charge >= 0.3 is 0 Å². The van der Waals surface area contributed by atoms with Crippen molar-refractivity contribution in [1.29, 1.82) is 0 Å². The Balaban J connectivity index is 2.25. The molecule has 0 aromatic rings. The third-order valence-electron chi connectivity index (χ3n) is 3.18. The number of carbonyl (C=O) groups excluding carboxylic acids is 1. The minimum atomic E-state index is -0.100. The van der Waals surface area contributed by atoms with Gasteiger partial charge in [-0.05, 0) is 38.0 Å². The molecule has 0 aliphatic carbocycles. The number of amides is 1. The third kappa shape index (κ3) is 5.80. The monoisotopic (exact) mass is 258 g/mol. The molecule has 0 radical (unpaired) electrons. The van der Waals surface area contributed by atoms with Crippen LogP contribution in [-0.4, -0.2) is 25.4 Å². The van der Waals surface area contributed by atoms with Gasteiger partial charge in [-0.3, -0.25) is 10.2 Å². The van der Waals surface area contributed by atoms with Crippen LogP contribution in [0.4, 0.5) is 0 Å². The minimum Gasteiger partial charge on any atom is -0.353 e. The van der Waals surface area contributed by atoms with E-state index >= 15 is 0 Å². The molecule has 1 amide bonds. The summed E-state index contributed by atoms with van der Waals surface area (Å²) in [6.07, 6.45) is 4.67. The Hall–Kier alpha value is -0.650. The van der Waals surface area contributed by atoms with Gasteiger partial charge in [0, 0.05) is 12.5 Å². The molecule has 3 N–H and O–H groups in total. The maximum atomic E-state index is 11.6. The maximum Gasteiger partial charge on any atom is 0.237 e. The lowest BCUT2D eigenvalue weighted by Crippen LogP contribution is -2.37. The van der Waals surface area contributed by atoms with Crippen LogP contribution in [0.5, 0.6) is 0 Å². The van der Waals surface area contributed by atoms with E-state index in [2.05, 4.69) is 19.3 Å². The number of rotatable bonds is 7. The Labute approximate surface area is 109 Å². The maximum absolute atomic E-state index is 11.6. The van der Waals surface area contributed by atoms with E-state index in [-0.39, 0.29) is 18.1 Å². The van der Waals surface area contributed by atoms with Gasteiger partial charge in [0.05, 0.1) is 6.61 Å². The molecule has 0 saturated carbocycles. The first-order chi connectivity index (χ1) is 8.63. The van der Waals surface area contributed by atoms with Crippen molar-refractivity contribution in [2.45, 2.75) is 52.2 Å².